The van der Waals surface area contributed by atoms with Gasteiger partial charge in [-0.25, -0.2) is 4.39 Å². The average molecular weight is 407 g/mol. The summed E-state index contributed by atoms with van der Waals surface area (Å²) < 4.78 is 23.9. The van der Waals surface area contributed by atoms with Crippen LogP contribution in [0, 0.1) is 11.7 Å². The fourth-order valence-electron chi connectivity index (χ4n) is 3.74. The minimum Gasteiger partial charge on any atom is -0.497 e. The molecule has 0 aromatic heterocycles. The minimum absolute atomic E-state index is 0.0721. The molecule has 0 radical (unpaired) electrons. The molecule has 1 fully saturated rings. The van der Waals surface area contributed by atoms with Crippen molar-refractivity contribution in [2.45, 2.75) is 12.1 Å². The van der Waals surface area contributed by atoms with E-state index in [4.69, 9.17) is 9.47 Å². The zero-order chi connectivity index (χ0) is 21.1. The predicted octanol–water partition coefficient (Wildman–Crippen LogP) is 3.98. The number of para-hydroxylation sites is 1. The van der Waals surface area contributed by atoms with Crippen molar-refractivity contribution in [3.8, 4) is 11.5 Å². The number of ether oxygens (including phenoxy) is 2. The van der Waals surface area contributed by atoms with Gasteiger partial charge in [0.15, 0.2) is 0 Å². The van der Waals surface area contributed by atoms with Crippen LogP contribution in [0.25, 0.3) is 0 Å². The maximum Gasteiger partial charge on any atom is 0.235 e. The van der Waals surface area contributed by atoms with Crippen molar-refractivity contribution in [1.82, 2.24) is 0 Å². The van der Waals surface area contributed by atoms with Crippen LogP contribution in [0.1, 0.15) is 11.6 Å². The summed E-state index contributed by atoms with van der Waals surface area (Å²) in [4.78, 5) is 14.7. The number of halogens is 1. The van der Waals surface area contributed by atoms with Crippen LogP contribution in [0.5, 0.6) is 11.5 Å². The molecule has 3 aromatic rings. The third-order valence-corrected chi connectivity index (χ3v) is 5.28. The van der Waals surface area contributed by atoms with Crippen molar-refractivity contribution in [2.24, 2.45) is 5.92 Å². The maximum atomic E-state index is 13.1. The number of hydrogen-bond donors (Lipinski definition) is 1. The van der Waals surface area contributed by atoms with Crippen LogP contribution in [0.3, 0.4) is 0 Å². The number of rotatable bonds is 7. The summed E-state index contributed by atoms with van der Waals surface area (Å²) in [5, 5.41) is 10.8. The maximum absolute atomic E-state index is 13.1. The second-order valence-corrected chi connectivity index (χ2v) is 7.12. The van der Waals surface area contributed by atoms with E-state index in [1.807, 2.05) is 54.6 Å². The van der Waals surface area contributed by atoms with Crippen molar-refractivity contribution < 1.29 is 23.8 Å². The fraction of sp³-hybridized carbons (Fsp3) is 0.208. The molecule has 4 rings (SSSR count). The van der Waals surface area contributed by atoms with E-state index in [-0.39, 0.29) is 24.4 Å². The van der Waals surface area contributed by atoms with Gasteiger partial charge in [-0.2, -0.15) is 0 Å². The standard InChI is InChI=1S/C24H22FNO4/c1-29-19-11-7-16(8-12-19)23-22(24(28)26(23)18-5-3-2-4-6-18)21(27)15-30-20-13-9-17(25)10-14-20/h2-14,21-23,27H,15H2,1H3/t21-,22+,23+/m0/s1. The number of methoxy groups -OCH3 is 1. The Morgan fingerprint density at radius 1 is 0.967 bits per heavy atom. The zero-order valence-electron chi connectivity index (χ0n) is 16.4. The van der Waals surface area contributed by atoms with Crippen LogP contribution in [0.2, 0.25) is 0 Å². The number of nitrogens with zero attached hydrogens (tertiary/aromatic N) is 1. The number of carbonyl (C=O) groups excluding carboxylic acids is 1. The van der Waals surface area contributed by atoms with E-state index >= 15 is 0 Å². The molecule has 0 bridgehead atoms. The molecule has 3 aromatic carbocycles. The monoisotopic (exact) mass is 407 g/mol. The first-order valence-electron chi connectivity index (χ1n) is 9.67. The first-order valence-corrected chi connectivity index (χ1v) is 9.67. The topological polar surface area (TPSA) is 59.0 Å². The van der Waals surface area contributed by atoms with Gasteiger partial charge >= 0.3 is 0 Å². The Morgan fingerprint density at radius 3 is 2.23 bits per heavy atom. The van der Waals surface area contributed by atoms with Crippen molar-refractivity contribution in [2.75, 3.05) is 18.6 Å². The number of benzene rings is 3. The summed E-state index contributed by atoms with van der Waals surface area (Å²) in [5.74, 6) is -0.0399. The number of β-lactam (4-membered cyclic amide) rings is 1. The lowest BCUT2D eigenvalue weighted by Crippen LogP contribution is -2.60. The zero-order valence-corrected chi connectivity index (χ0v) is 16.4. The lowest BCUT2D eigenvalue weighted by atomic mass is 9.78. The Balaban J connectivity index is 1.56. The number of anilines is 1. The second-order valence-electron chi connectivity index (χ2n) is 7.12. The summed E-state index contributed by atoms with van der Waals surface area (Å²) in [6.45, 7) is -0.0721. The van der Waals surface area contributed by atoms with E-state index in [1.165, 1.54) is 24.3 Å². The molecule has 0 spiro atoms. The van der Waals surface area contributed by atoms with Crippen molar-refractivity contribution >= 4 is 11.6 Å². The average Bonchev–Trinajstić information content (AvgIpc) is 2.78. The van der Waals surface area contributed by atoms with Crippen LogP contribution in [-0.2, 0) is 4.79 Å². The van der Waals surface area contributed by atoms with Crippen LogP contribution < -0.4 is 14.4 Å². The third-order valence-electron chi connectivity index (χ3n) is 5.28. The highest BCUT2D eigenvalue weighted by Crippen LogP contribution is 2.45. The van der Waals surface area contributed by atoms with Crippen LogP contribution in [-0.4, -0.2) is 30.8 Å². The third kappa shape index (κ3) is 3.86. The molecule has 3 atom stereocenters. The highest BCUT2D eigenvalue weighted by Gasteiger charge is 2.52. The summed E-state index contributed by atoms with van der Waals surface area (Å²) in [7, 11) is 1.59. The molecule has 5 nitrogen and oxygen atoms in total. The van der Waals surface area contributed by atoms with E-state index in [9.17, 15) is 14.3 Å². The first kappa shape index (κ1) is 19.9. The molecule has 1 saturated heterocycles. The molecule has 0 unspecified atom stereocenters. The summed E-state index contributed by atoms with van der Waals surface area (Å²) in [6, 6.07) is 22.0. The van der Waals surface area contributed by atoms with Crippen LogP contribution >= 0.6 is 0 Å². The number of carbonyl (C=O) groups is 1. The van der Waals surface area contributed by atoms with Crippen molar-refractivity contribution in [1.29, 1.82) is 0 Å². The van der Waals surface area contributed by atoms with Gasteiger partial charge in [-0.1, -0.05) is 30.3 Å². The highest BCUT2D eigenvalue weighted by atomic mass is 19.1. The lowest BCUT2D eigenvalue weighted by molar-refractivity contribution is -0.137. The van der Waals surface area contributed by atoms with E-state index < -0.39 is 12.0 Å². The van der Waals surface area contributed by atoms with Gasteiger partial charge in [0.1, 0.15) is 30.0 Å². The van der Waals surface area contributed by atoms with Gasteiger partial charge in [-0.3, -0.25) is 4.79 Å². The van der Waals surface area contributed by atoms with E-state index in [2.05, 4.69) is 0 Å². The van der Waals surface area contributed by atoms with Gasteiger partial charge < -0.3 is 19.5 Å². The number of hydrogen-bond acceptors (Lipinski definition) is 4. The minimum atomic E-state index is -1.02. The molecular formula is C24H22FNO4. The number of aliphatic hydroxyl groups is 1. The Hall–Kier alpha value is -3.38. The Labute approximate surface area is 174 Å². The molecule has 1 N–H and O–H groups in total. The second kappa shape index (κ2) is 8.55. The first-order chi connectivity index (χ1) is 14.6. The highest BCUT2D eigenvalue weighted by molar-refractivity contribution is 6.03. The SMILES string of the molecule is COc1ccc([C@@H]2[C@@H]([C@@H](O)COc3ccc(F)cc3)C(=O)N2c2ccccc2)cc1. The molecule has 0 saturated carbocycles. The van der Waals surface area contributed by atoms with Crippen molar-refractivity contribution in [3.63, 3.8) is 0 Å². The quantitative estimate of drug-likeness (QED) is 0.602. The molecule has 6 heteroatoms. The molecule has 1 amide bonds. The fourth-order valence-corrected chi connectivity index (χ4v) is 3.74. The molecule has 1 aliphatic rings. The molecule has 1 aliphatic heterocycles. The summed E-state index contributed by atoms with van der Waals surface area (Å²) >= 11 is 0. The Bertz CT molecular complexity index is 992. The van der Waals surface area contributed by atoms with E-state index in [0.29, 0.717) is 11.5 Å². The Morgan fingerprint density at radius 2 is 1.60 bits per heavy atom. The van der Waals surface area contributed by atoms with Gasteiger partial charge in [-0.05, 0) is 54.1 Å². The Kier molecular flexibility index (Phi) is 5.68. The van der Waals surface area contributed by atoms with E-state index in [0.717, 1.165) is 11.3 Å². The van der Waals surface area contributed by atoms with Crippen molar-refractivity contribution in [3.05, 3.63) is 90.2 Å². The number of aliphatic hydroxyl groups excluding tert-OH is 1. The number of amides is 1. The van der Waals surface area contributed by atoms with Gasteiger partial charge in [0.2, 0.25) is 5.91 Å². The molecule has 30 heavy (non-hydrogen) atoms. The normalized spacial score (nSPS) is 19.2. The summed E-state index contributed by atoms with van der Waals surface area (Å²) in [6.07, 6.45) is -1.02. The van der Waals surface area contributed by atoms with Gasteiger partial charge in [0.25, 0.3) is 0 Å². The molecule has 1 heterocycles. The lowest BCUT2D eigenvalue weighted by Gasteiger charge is -2.49. The largest absolute Gasteiger partial charge is 0.497 e. The van der Waals surface area contributed by atoms with Gasteiger partial charge in [0.05, 0.1) is 19.1 Å². The van der Waals surface area contributed by atoms with E-state index in [1.54, 1.807) is 12.0 Å². The molecule has 0 aliphatic carbocycles. The molecule has 154 valence electrons. The molecular weight excluding hydrogens is 385 g/mol. The van der Waals surface area contributed by atoms with Gasteiger partial charge in [0, 0.05) is 5.69 Å². The van der Waals surface area contributed by atoms with Gasteiger partial charge in [-0.15, -0.1) is 0 Å². The van der Waals surface area contributed by atoms with Crippen LogP contribution in [0.15, 0.2) is 78.9 Å². The smallest absolute Gasteiger partial charge is 0.235 e. The summed E-state index contributed by atoms with van der Waals surface area (Å²) in [5.41, 5.74) is 1.66. The predicted molar refractivity (Wildman–Crippen MR) is 111 cm³/mol. The van der Waals surface area contributed by atoms with Crippen LogP contribution in [0.4, 0.5) is 10.1 Å².